The molecule has 2 aliphatic rings. The monoisotopic (exact) mass is 351 g/mol. The molecule has 2 N–H and O–H groups in total. The van der Waals surface area contributed by atoms with Gasteiger partial charge in [0.25, 0.3) is 0 Å². The minimum absolute atomic E-state index is 0.642. The Bertz CT molecular complexity index is 676. The van der Waals surface area contributed by atoms with Crippen molar-refractivity contribution in [2.75, 3.05) is 26.3 Å². The number of morpholine rings is 1. The maximum atomic E-state index is 6.31. The number of nitrogens with two attached hydrogens (primary N) is 1. The lowest BCUT2D eigenvalue weighted by Crippen LogP contribution is -2.36. The van der Waals surface area contributed by atoms with E-state index in [-0.39, 0.29) is 0 Å². The first-order valence-electron chi connectivity index (χ1n) is 7.64. The van der Waals surface area contributed by atoms with Crippen LogP contribution in [0.2, 0.25) is 10.0 Å². The van der Waals surface area contributed by atoms with Crippen molar-refractivity contribution in [3.8, 4) is 0 Å². The van der Waals surface area contributed by atoms with Crippen molar-refractivity contribution in [2.24, 2.45) is 10.9 Å². The molecule has 0 aromatic heterocycles. The third kappa shape index (κ3) is 3.71. The second kappa shape index (κ2) is 7.39. The molecule has 1 aliphatic heterocycles. The van der Waals surface area contributed by atoms with Gasteiger partial charge in [-0.05, 0) is 47.8 Å². The van der Waals surface area contributed by atoms with E-state index in [9.17, 15) is 0 Å². The summed E-state index contributed by atoms with van der Waals surface area (Å²) in [6.07, 6.45) is 5.79. The number of hydrogen-bond donors (Lipinski definition) is 1. The van der Waals surface area contributed by atoms with Gasteiger partial charge >= 0.3 is 0 Å². The highest BCUT2D eigenvalue weighted by atomic mass is 35.5. The molecular formula is C17H19Cl2N3O. The maximum Gasteiger partial charge on any atom is 0.0642 e. The van der Waals surface area contributed by atoms with Crippen LogP contribution in [0.4, 0.5) is 0 Å². The van der Waals surface area contributed by atoms with E-state index in [1.807, 2.05) is 12.1 Å². The van der Waals surface area contributed by atoms with Crippen molar-refractivity contribution in [3.63, 3.8) is 0 Å². The summed E-state index contributed by atoms with van der Waals surface area (Å²) in [6.45, 7) is 3.24. The number of hydrazone groups is 1. The molecule has 0 radical (unpaired) electrons. The van der Waals surface area contributed by atoms with Crippen LogP contribution in [0.1, 0.15) is 18.4 Å². The van der Waals surface area contributed by atoms with E-state index in [2.05, 4.69) is 16.1 Å². The molecule has 0 unspecified atom stereocenters. The lowest BCUT2D eigenvalue weighted by Gasteiger charge is -2.31. The molecule has 3 rings (SSSR count). The first-order valence-corrected chi connectivity index (χ1v) is 8.39. The summed E-state index contributed by atoms with van der Waals surface area (Å²) in [7, 11) is 0. The van der Waals surface area contributed by atoms with Crippen molar-refractivity contribution in [1.82, 2.24) is 4.90 Å². The number of ether oxygens (including phenoxy) is 1. The fourth-order valence-electron chi connectivity index (χ4n) is 3.07. The van der Waals surface area contributed by atoms with Crippen molar-refractivity contribution in [3.05, 3.63) is 50.7 Å². The molecule has 1 heterocycles. The summed E-state index contributed by atoms with van der Waals surface area (Å²) in [6, 6.07) is 5.57. The number of halogens is 2. The van der Waals surface area contributed by atoms with Crippen LogP contribution in [0.15, 0.2) is 40.1 Å². The number of benzene rings is 1. The van der Waals surface area contributed by atoms with Crippen molar-refractivity contribution in [2.45, 2.75) is 12.8 Å². The fraction of sp³-hybridized carbons (Fsp3) is 0.353. The first kappa shape index (κ1) is 16.4. The number of hydrogen-bond acceptors (Lipinski definition) is 4. The molecule has 0 bridgehead atoms. The average molecular weight is 352 g/mol. The molecule has 0 spiro atoms. The summed E-state index contributed by atoms with van der Waals surface area (Å²) in [5, 5.41) is 5.02. The van der Waals surface area contributed by atoms with Gasteiger partial charge in [-0.25, -0.2) is 0 Å². The van der Waals surface area contributed by atoms with Gasteiger partial charge in [0.1, 0.15) is 0 Å². The lowest BCUT2D eigenvalue weighted by atomic mass is 10.1. The predicted octanol–water partition coefficient (Wildman–Crippen LogP) is 3.70. The van der Waals surface area contributed by atoms with Gasteiger partial charge in [-0.1, -0.05) is 29.3 Å². The maximum absolute atomic E-state index is 6.31. The van der Waals surface area contributed by atoms with Crippen molar-refractivity contribution < 1.29 is 4.74 Å². The van der Waals surface area contributed by atoms with Crippen LogP contribution in [0.25, 0.3) is 6.08 Å². The Morgan fingerprint density at radius 1 is 1.17 bits per heavy atom. The Hall–Kier alpha value is -1.49. The highest BCUT2D eigenvalue weighted by molar-refractivity contribution is 6.35. The van der Waals surface area contributed by atoms with E-state index in [1.54, 1.807) is 12.3 Å². The van der Waals surface area contributed by atoms with Crippen LogP contribution in [0.3, 0.4) is 0 Å². The summed E-state index contributed by atoms with van der Waals surface area (Å²) in [4.78, 5) is 2.35. The highest BCUT2D eigenvalue weighted by Crippen LogP contribution is 2.36. The smallest absolute Gasteiger partial charge is 0.0642 e. The summed E-state index contributed by atoms with van der Waals surface area (Å²) < 4.78 is 5.46. The lowest BCUT2D eigenvalue weighted by molar-refractivity contribution is 0.0548. The van der Waals surface area contributed by atoms with E-state index < -0.39 is 0 Å². The molecule has 1 aromatic rings. The molecule has 0 saturated carbocycles. The fourth-order valence-corrected chi connectivity index (χ4v) is 3.53. The third-order valence-corrected chi connectivity index (χ3v) is 4.68. The van der Waals surface area contributed by atoms with Gasteiger partial charge in [0, 0.05) is 28.8 Å². The van der Waals surface area contributed by atoms with Gasteiger partial charge in [-0.3, -0.25) is 0 Å². The number of nitrogens with zero attached hydrogens (tertiary/aromatic N) is 2. The Labute approximate surface area is 146 Å². The molecule has 1 saturated heterocycles. The highest BCUT2D eigenvalue weighted by Gasteiger charge is 2.25. The van der Waals surface area contributed by atoms with Gasteiger partial charge in [0.05, 0.1) is 19.4 Å². The van der Waals surface area contributed by atoms with Crippen LogP contribution in [-0.2, 0) is 4.74 Å². The number of allylic oxidation sites excluding steroid dienone is 2. The van der Waals surface area contributed by atoms with E-state index in [0.29, 0.717) is 10.0 Å². The first-order chi connectivity index (χ1) is 11.2. The Balaban J connectivity index is 1.98. The average Bonchev–Trinajstić information content (AvgIpc) is 2.94. The van der Waals surface area contributed by atoms with E-state index in [0.717, 1.165) is 44.7 Å². The Kier molecular flexibility index (Phi) is 5.26. The van der Waals surface area contributed by atoms with Crippen LogP contribution < -0.4 is 5.84 Å². The Morgan fingerprint density at radius 2 is 1.96 bits per heavy atom. The molecule has 6 heteroatoms. The van der Waals surface area contributed by atoms with Crippen molar-refractivity contribution >= 4 is 35.5 Å². The molecule has 23 heavy (non-hydrogen) atoms. The zero-order chi connectivity index (χ0) is 16.2. The summed E-state index contributed by atoms with van der Waals surface area (Å²) >= 11 is 12.3. The van der Waals surface area contributed by atoms with E-state index in [4.69, 9.17) is 33.8 Å². The largest absolute Gasteiger partial charge is 0.378 e. The molecule has 122 valence electrons. The van der Waals surface area contributed by atoms with Gasteiger partial charge in [0.15, 0.2) is 0 Å². The summed E-state index contributed by atoms with van der Waals surface area (Å²) in [5.74, 6) is 5.38. The van der Waals surface area contributed by atoms with Crippen molar-refractivity contribution in [1.29, 1.82) is 0 Å². The molecular weight excluding hydrogens is 333 g/mol. The van der Waals surface area contributed by atoms with Gasteiger partial charge < -0.3 is 15.5 Å². The molecule has 1 aromatic carbocycles. The van der Waals surface area contributed by atoms with E-state index >= 15 is 0 Å². The van der Waals surface area contributed by atoms with Crippen LogP contribution >= 0.6 is 23.2 Å². The zero-order valence-electron chi connectivity index (χ0n) is 12.8. The van der Waals surface area contributed by atoms with Gasteiger partial charge in [0.2, 0.25) is 0 Å². The minimum Gasteiger partial charge on any atom is -0.378 e. The third-order valence-electron chi connectivity index (χ3n) is 4.12. The van der Waals surface area contributed by atoms with E-state index in [1.165, 1.54) is 16.8 Å². The number of rotatable bonds is 3. The Morgan fingerprint density at radius 3 is 2.65 bits per heavy atom. The zero-order valence-corrected chi connectivity index (χ0v) is 14.3. The standard InChI is InChI=1S/C17H19Cl2N3O/c18-15-4-3-12(16(19)10-15)9-13-1-2-14(11-21-20)17(13)22-5-7-23-8-6-22/h3-4,9-11H,1-2,5-8,20H2/b13-9-,21-11-. The molecule has 4 nitrogen and oxygen atoms in total. The van der Waals surface area contributed by atoms with Crippen LogP contribution in [-0.4, -0.2) is 37.4 Å². The van der Waals surface area contributed by atoms with Crippen LogP contribution in [0, 0.1) is 0 Å². The second-order valence-electron chi connectivity index (χ2n) is 5.59. The minimum atomic E-state index is 0.642. The quantitative estimate of drug-likeness (QED) is 0.513. The van der Waals surface area contributed by atoms with Gasteiger partial charge in [-0.2, -0.15) is 5.10 Å². The van der Waals surface area contributed by atoms with Crippen LogP contribution in [0.5, 0.6) is 0 Å². The van der Waals surface area contributed by atoms with Gasteiger partial charge in [-0.15, -0.1) is 0 Å². The predicted molar refractivity (Wildman–Crippen MR) is 95.8 cm³/mol. The second-order valence-corrected chi connectivity index (χ2v) is 6.43. The SMILES string of the molecule is N/N=C\C1=C(N2CCOCC2)C(=C\c2ccc(Cl)cc2Cl)/CC1. The molecule has 0 atom stereocenters. The topological polar surface area (TPSA) is 50.8 Å². The molecule has 0 amide bonds. The normalized spacial score (nSPS) is 21.0. The molecule has 1 aliphatic carbocycles. The molecule has 1 fully saturated rings. The summed E-state index contributed by atoms with van der Waals surface area (Å²) in [5.41, 5.74) is 4.62.